The normalized spacial score (nSPS) is 19.5. The Hall–Kier alpha value is -1.58. The maximum atomic E-state index is 10.5. The minimum atomic E-state index is -1.66. The molecule has 0 heterocycles. The second kappa shape index (κ2) is 2.57. The lowest BCUT2D eigenvalue weighted by Gasteiger charge is -2.14. The average Bonchev–Trinajstić information content (AvgIpc) is 1.97. The van der Waals surface area contributed by atoms with Crippen molar-refractivity contribution in [2.75, 3.05) is 0 Å². The first kappa shape index (κ1) is 7.53. The summed E-state index contributed by atoms with van der Waals surface area (Å²) in [4.78, 5) is 13.0. The fraction of sp³-hybridized carbons (Fsp3) is 0.167. The predicted molar refractivity (Wildman–Crippen MR) is 37.4 cm³/mol. The first-order valence-electron chi connectivity index (χ1n) is 2.87. The van der Waals surface area contributed by atoms with E-state index in [0.29, 0.717) is 0 Å². The highest BCUT2D eigenvalue weighted by atomic mass is 16.3. The molecule has 5 nitrogen and oxygen atoms in total. The van der Waals surface area contributed by atoms with Crippen LogP contribution in [0, 0.1) is 0 Å². The van der Waals surface area contributed by atoms with Crippen LogP contribution in [-0.4, -0.2) is 16.6 Å². The summed E-state index contributed by atoms with van der Waals surface area (Å²) in [5.74, 6) is -0.234. The highest BCUT2D eigenvalue weighted by Crippen LogP contribution is 2.14. The highest BCUT2D eigenvalue weighted by molar-refractivity contribution is 6.00. The van der Waals surface area contributed by atoms with Crippen LogP contribution in [0.1, 0.15) is 0 Å². The van der Waals surface area contributed by atoms with Crippen molar-refractivity contribution in [2.45, 2.75) is 5.72 Å². The van der Waals surface area contributed by atoms with E-state index in [9.17, 15) is 9.90 Å². The lowest BCUT2D eigenvalue weighted by atomic mass is 10.1. The van der Waals surface area contributed by atoms with Crippen molar-refractivity contribution >= 4 is 5.78 Å². The number of allylic oxidation sites excluding steroid dienone is 2. The summed E-state index contributed by atoms with van der Waals surface area (Å²) in [6.45, 7) is 0. The van der Waals surface area contributed by atoms with Gasteiger partial charge in [0.05, 0.1) is 0 Å². The Morgan fingerprint density at radius 1 is 1.55 bits per heavy atom. The molecule has 0 aromatic carbocycles. The van der Waals surface area contributed by atoms with E-state index in [0.717, 1.165) is 24.3 Å². The summed E-state index contributed by atoms with van der Waals surface area (Å²) in [7, 11) is 0. The molecule has 1 rings (SSSR count). The lowest BCUT2D eigenvalue weighted by molar-refractivity contribution is -0.110. The summed E-state index contributed by atoms with van der Waals surface area (Å²) in [5, 5.41) is 12.3. The fourth-order valence-corrected chi connectivity index (χ4v) is 0.659. The monoisotopic (exact) mass is 151 g/mol. The van der Waals surface area contributed by atoms with E-state index >= 15 is 0 Å². The Labute approximate surface area is 62.3 Å². The van der Waals surface area contributed by atoms with Gasteiger partial charge in [0.25, 0.3) is 0 Å². The molecule has 0 radical (unpaired) electrons. The van der Waals surface area contributed by atoms with E-state index in [1.54, 1.807) is 0 Å². The van der Waals surface area contributed by atoms with Crippen LogP contribution in [0.4, 0.5) is 0 Å². The van der Waals surface area contributed by atoms with Gasteiger partial charge < -0.3 is 5.11 Å². The summed E-state index contributed by atoms with van der Waals surface area (Å²) in [6.07, 6.45) is 4.56. The van der Waals surface area contributed by atoms with Crippen molar-refractivity contribution < 1.29 is 9.90 Å². The van der Waals surface area contributed by atoms with Crippen molar-refractivity contribution in [3.63, 3.8) is 0 Å². The minimum Gasteiger partial charge on any atom is -0.376 e. The van der Waals surface area contributed by atoms with Gasteiger partial charge in [-0.2, -0.15) is 0 Å². The third kappa shape index (κ3) is 1.67. The van der Waals surface area contributed by atoms with Gasteiger partial charge in [0.15, 0.2) is 11.5 Å². The lowest BCUT2D eigenvalue weighted by Crippen LogP contribution is -2.21. The van der Waals surface area contributed by atoms with E-state index in [1.807, 2.05) is 0 Å². The SMILES string of the molecule is [N-]=[N+]=NC1(O)C=CC(=O)C=C1. The van der Waals surface area contributed by atoms with Crippen molar-refractivity contribution in [1.29, 1.82) is 0 Å². The number of hydrogen-bond acceptors (Lipinski definition) is 3. The molecular weight excluding hydrogens is 146 g/mol. The zero-order chi connectivity index (χ0) is 8.32. The van der Waals surface area contributed by atoms with Crippen LogP contribution in [-0.2, 0) is 4.79 Å². The van der Waals surface area contributed by atoms with Gasteiger partial charge >= 0.3 is 0 Å². The maximum Gasteiger partial charge on any atom is 0.181 e. The molecule has 0 fully saturated rings. The van der Waals surface area contributed by atoms with Gasteiger partial charge in [0.1, 0.15) is 0 Å². The van der Waals surface area contributed by atoms with Gasteiger partial charge in [-0.3, -0.25) is 4.79 Å². The van der Waals surface area contributed by atoms with Gasteiger partial charge in [-0.15, -0.1) is 0 Å². The number of aliphatic hydroxyl groups is 1. The number of ketones is 1. The Balaban J connectivity index is 2.93. The first-order valence-corrected chi connectivity index (χ1v) is 2.87. The van der Waals surface area contributed by atoms with Crippen LogP contribution in [0.3, 0.4) is 0 Å². The van der Waals surface area contributed by atoms with Gasteiger partial charge in [-0.1, -0.05) is 5.11 Å². The quantitative estimate of drug-likeness (QED) is 0.339. The van der Waals surface area contributed by atoms with Crippen molar-refractivity contribution in [1.82, 2.24) is 0 Å². The molecule has 0 amide bonds. The summed E-state index contributed by atoms with van der Waals surface area (Å²) in [6, 6.07) is 0. The van der Waals surface area contributed by atoms with Crippen molar-refractivity contribution in [3.8, 4) is 0 Å². The van der Waals surface area contributed by atoms with E-state index in [-0.39, 0.29) is 5.78 Å². The van der Waals surface area contributed by atoms with Crippen molar-refractivity contribution in [2.24, 2.45) is 5.11 Å². The number of rotatable bonds is 1. The third-order valence-corrected chi connectivity index (χ3v) is 1.19. The molecular formula is C6H5N3O2. The second-order valence-electron chi connectivity index (χ2n) is 2.04. The van der Waals surface area contributed by atoms with Gasteiger partial charge in [-0.25, -0.2) is 0 Å². The third-order valence-electron chi connectivity index (χ3n) is 1.19. The largest absolute Gasteiger partial charge is 0.376 e. The van der Waals surface area contributed by atoms with Crippen LogP contribution >= 0.6 is 0 Å². The van der Waals surface area contributed by atoms with Crippen LogP contribution < -0.4 is 0 Å². The molecule has 5 heteroatoms. The summed E-state index contributed by atoms with van der Waals surface area (Å²) >= 11 is 0. The average molecular weight is 151 g/mol. The number of hydrogen-bond donors (Lipinski definition) is 1. The minimum absolute atomic E-state index is 0.234. The molecule has 0 unspecified atom stereocenters. The Kier molecular flexibility index (Phi) is 1.76. The van der Waals surface area contributed by atoms with Gasteiger partial charge in [0.2, 0.25) is 0 Å². The Bertz CT molecular complexity index is 270. The fourth-order valence-electron chi connectivity index (χ4n) is 0.659. The molecule has 56 valence electrons. The first-order chi connectivity index (χ1) is 5.16. The second-order valence-corrected chi connectivity index (χ2v) is 2.04. The van der Waals surface area contributed by atoms with Crippen LogP contribution in [0.2, 0.25) is 0 Å². The molecule has 0 saturated heterocycles. The maximum absolute atomic E-state index is 10.5. The molecule has 0 aromatic heterocycles. The van der Waals surface area contributed by atoms with Crippen molar-refractivity contribution in [3.05, 3.63) is 34.7 Å². The molecule has 0 bridgehead atoms. The Morgan fingerprint density at radius 3 is 2.55 bits per heavy atom. The zero-order valence-electron chi connectivity index (χ0n) is 5.51. The molecule has 0 atom stereocenters. The smallest absolute Gasteiger partial charge is 0.181 e. The number of nitrogens with zero attached hydrogens (tertiary/aromatic N) is 3. The number of carbonyl (C=O) groups excluding carboxylic acids is 1. The Morgan fingerprint density at radius 2 is 2.09 bits per heavy atom. The summed E-state index contributed by atoms with van der Waals surface area (Å²) < 4.78 is 0. The van der Waals surface area contributed by atoms with Gasteiger partial charge in [-0.05, 0) is 29.8 Å². The van der Waals surface area contributed by atoms with E-state index in [1.165, 1.54) is 0 Å². The molecule has 11 heavy (non-hydrogen) atoms. The van der Waals surface area contributed by atoms with E-state index < -0.39 is 5.72 Å². The number of azide groups is 1. The van der Waals surface area contributed by atoms with Crippen LogP contribution in [0.5, 0.6) is 0 Å². The predicted octanol–water partition coefficient (Wildman–Crippen LogP) is 0.680. The molecule has 0 spiro atoms. The number of carbonyl (C=O) groups is 1. The van der Waals surface area contributed by atoms with E-state index in [2.05, 4.69) is 10.0 Å². The molecule has 1 aliphatic carbocycles. The van der Waals surface area contributed by atoms with E-state index in [4.69, 9.17) is 5.53 Å². The zero-order valence-corrected chi connectivity index (χ0v) is 5.51. The summed E-state index contributed by atoms with van der Waals surface area (Å²) in [5.41, 5.74) is 6.33. The molecule has 0 saturated carbocycles. The standard InChI is InChI=1S/C6H5N3O2/c7-9-8-6(11)3-1-5(10)2-4-6/h1-4,11H. The van der Waals surface area contributed by atoms with Crippen LogP contribution in [0.25, 0.3) is 10.4 Å². The molecule has 0 aromatic rings. The molecule has 1 aliphatic rings. The van der Waals surface area contributed by atoms with Gasteiger partial charge in [0, 0.05) is 4.91 Å². The van der Waals surface area contributed by atoms with Crippen LogP contribution in [0.15, 0.2) is 29.4 Å². The molecule has 0 aliphatic heterocycles. The topological polar surface area (TPSA) is 86.1 Å². The highest BCUT2D eigenvalue weighted by Gasteiger charge is 2.20. The molecule has 1 N–H and O–H groups in total.